The third-order valence-corrected chi connectivity index (χ3v) is 3.59. The fourth-order valence-corrected chi connectivity index (χ4v) is 2.27. The number of nitrogens with two attached hydrogens (primary N) is 1. The van der Waals surface area contributed by atoms with E-state index in [0.717, 1.165) is 5.56 Å². The van der Waals surface area contributed by atoms with Gasteiger partial charge in [-0.15, -0.1) is 0 Å². The minimum Gasteiger partial charge on any atom is -0.271 e. The maximum Gasteiger partial charge on any atom is 0.126 e. The molecule has 0 saturated heterocycles. The van der Waals surface area contributed by atoms with Crippen LogP contribution in [0.3, 0.4) is 0 Å². The van der Waals surface area contributed by atoms with Crippen LogP contribution in [-0.4, -0.2) is 0 Å². The van der Waals surface area contributed by atoms with Gasteiger partial charge >= 0.3 is 0 Å². The third-order valence-electron chi connectivity index (χ3n) is 3.22. The number of hydrogen-bond donors (Lipinski definition) is 2. The van der Waals surface area contributed by atoms with Crippen LogP contribution in [0.2, 0.25) is 5.02 Å². The van der Waals surface area contributed by atoms with E-state index in [4.69, 9.17) is 17.4 Å². The molecule has 20 heavy (non-hydrogen) atoms. The van der Waals surface area contributed by atoms with Crippen molar-refractivity contribution in [1.82, 2.24) is 5.43 Å². The summed E-state index contributed by atoms with van der Waals surface area (Å²) in [6.45, 7) is 1.68. The van der Waals surface area contributed by atoms with Crippen molar-refractivity contribution in [2.75, 3.05) is 0 Å². The second kappa shape index (κ2) is 6.31. The lowest BCUT2D eigenvalue weighted by atomic mass is 9.98. The monoisotopic (exact) mass is 296 g/mol. The Hall–Kier alpha value is -1.49. The Morgan fingerprint density at radius 3 is 2.60 bits per heavy atom. The molecule has 1 atom stereocenters. The minimum atomic E-state index is -0.351. The predicted molar refractivity (Wildman–Crippen MR) is 76.3 cm³/mol. The molecule has 0 amide bonds. The van der Waals surface area contributed by atoms with Gasteiger partial charge in [0.15, 0.2) is 0 Å². The van der Waals surface area contributed by atoms with Gasteiger partial charge in [0.1, 0.15) is 11.6 Å². The summed E-state index contributed by atoms with van der Waals surface area (Å²) in [7, 11) is 0. The molecule has 0 fully saturated rings. The summed E-state index contributed by atoms with van der Waals surface area (Å²) in [5.41, 5.74) is 4.67. The van der Waals surface area contributed by atoms with Crippen LogP contribution in [0.15, 0.2) is 36.4 Å². The molecule has 0 bridgehead atoms. The lowest BCUT2D eigenvalue weighted by Gasteiger charge is -2.18. The molecule has 0 spiro atoms. The molecule has 0 saturated carbocycles. The molecular weight excluding hydrogens is 282 g/mol. The van der Waals surface area contributed by atoms with Gasteiger partial charge in [-0.3, -0.25) is 11.3 Å². The van der Waals surface area contributed by atoms with Crippen LogP contribution < -0.4 is 11.3 Å². The number of hydrogen-bond acceptors (Lipinski definition) is 2. The van der Waals surface area contributed by atoms with Crippen LogP contribution in [0.1, 0.15) is 22.7 Å². The second-order valence-corrected chi connectivity index (χ2v) is 5.07. The molecule has 0 aliphatic rings. The molecule has 2 nitrogen and oxygen atoms in total. The fourth-order valence-electron chi connectivity index (χ4n) is 2.08. The van der Waals surface area contributed by atoms with Crippen molar-refractivity contribution in [3.63, 3.8) is 0 Å². The summed E-state index contributed by atoms with van der Waals surface area (Å²) in [5, 5.41) is 0.477. The average Bonchev–Trinajstić information content (AvgIpc) is 2.43. The van der Waals surface area contributed by atoms with Gasteiger partial charge in [-0.25, -0.2) is 8.78 Å². The second-order valence-electron chi connectivity index (χ2n) is 4.67. The van der Waals surface area contributed by atoms with E-state index in [2.05, 4.69) is 5.43 Å². The van der Waals surface area contributed by atoms with Crippen molar-refractivity contribution in [2.45, 2.75) is 19.4 Å². The normalized spacial score (nSPS) is 12.4. The van der Waals surface area contributed by atoms with Crippen LogP contribution in [0.5, 0.6) is 0 Å². The molecule has 0 heterocycles. The van der Waals surface area contributed by atoms with E-state index < -0.39 is 0 Å². The first-order chi connectivity index (χ1) is 9.51. The van der Waals surface area contributed by atoms with Crippen LogP contribution in [-0.2, 0) is 6.42 Å². The van der Waals surface area contributed by atoms with Crippen molar-refractivity contribution >= 4 is 11.6 Å². The molecule has 3 N–H and O–H groups in total. The predicted octanol–water partition coefficient (Wildman–Crippen LogP) is 3.67. The maximum absolute atomic E-state index is 13.3. The van der Waals surface area contributed by atoms with Gasteiger partial charge in [0, 0.05) is 5.02 Å². The van der Waals surface area contributed by atoms with Gasteiger partial charge in [-0.1, -0.05) is 23.7 Å². The SMILES string of the molecule is Cc1cc(C(Cc2cc(F)ccc2Cl)NN)ccc1F. The van der Waals surface area contributed by atoms with Gasteiger partial charge < -0.3 is 0 Å². The van der Waals surface area contributed by atoms with Crippen molar-refractivity contribution < 1.29 is 8.78 Å². The van der Waals surface area contributed by atoms with Crippen molar-refractivity contribution in [3.05, 3.63) is 69.7 Å². The first-order valence-corrected chi connectivity index (χ1v) is 6.55. The summed E-state index contributed by atoms with van der Waals surface area (Å²) in [5.74, 6) is 4.93. The molecule has 106 valence electrons. The topological polar surface area (TPSA) is 38.0 Å². The van der Waals surface area contributed by atoms with E-state index in [-0.39, 0.29) is 17.7 Å². The lowest BCUT2D eigenvalue weighted by Crippen LogP contribution is -2.29. The Morgan fingerprint density at radius 1 is 1.20 bits per heavy atom. The molecule has 2 aromatic carbocycles. The highest BCUT2D eigenvalue weighted by Crippen LogP contribution is 2.25. The van der Waals surface area contributed by atoms with E-state index in [0.29, 0.717) is 22.6 Å². The maximum atomic E-state index is 13.3. The molecule has 5 heteroatoms. The zero-order valence-electron chi connectivity index (χ0n) is 11.0. The number of hydrazine groups is 1. The lowest BCUT2D eigenvalue weighted by molar-refractivity contribution is 0.545. The molecule has 0 aliphatic heterocycles. The van der Waals surface area contributed by atoms with Gasteiger partial charge in [0.2, 0.25) is 0 Å². The highest BCUT2D eigenvalue weighted by Gasteiger charge is 2.14. The van der Waals surface area contributed by atoms with Crippen LogP contribution in [0.4, 0.5) is 8.78 Å². The van der Waals surface area contributed by atoms with Gasteiger partial charge in [-0.05, 0) is 54.3 Å². The largest absolute Gasteiger partial charge is 0.271 e. The van der Waals surface area contributed by atoms with E-state index >= 15 is 0 Å². The zero-order chi connectivity index (χ0) is 14.7. The first-order valence-electron chi connectivity index (χ1n) is 6.17. The molecule has 2 rings (SSSR count). The summed E-state index contributed by atoms with van der Waals surface area (Å²) >= 11 is 6.05. The number of nitrogens with one attached hydrogen (secondary N) is 1. The third kappa shape index (κ3) is 3.33. The molecule has 0 radical (unpaired) electrons. The summed E-state index contributed by atoms with van der Waals surface area (Å²) in [6.07, 6.45) is 0.415. The molecule has 2 aromatic rings. The number of rotatable bonds is 4. The van der Waals surface area contributed by atoms with E-state index in [1.54, 1.807) is 19.1 Å². The van der Waals surface area contributed by atoms with Crippen molar-refractivity contribution in [1.29, 1.82) is 0 Å². The number of benzene rings is 2. The smallest absolute Gasteiger partial charge is 0.126 e. The Balaban J connectivity index is 2.28. The molecule has 0 aliphatic carbocycles. The summed E-state index contributed by atoms with van der Waals surface area (Å²) < 4.78 is 26.5. The van der Waals surface area contributed by atoms with Gasteiger partial charge in [-0.2, -0.15) is 0 Å². The van der Waals surface area contributed by atoms with Crippen LogP contribution in [0.25, 0.3) is 0 Å². The molecular formula is C15H15ClF2N2. The van der Waals surface area contributed by atoms with Crippen molar-refractivity contribution in [2.24, 2.45) is 5.84 Å². The Morgan fingerprint density at radius 2 is 1.95 bits per heavy atom. The highest BCUT2D eigenvalue weighted by atomic mass is 35.5. The first kappa shape index (κ1) is 14.9. The Bertz CT molecular complexity index is 617. The Labute approximate surface area is 121 Å². The average molecular weight is 297 g/mol. The van der Waals surface area contributed by atoms with E-state index in [1.165, 1.54) is 24.3 Å². The zero-order valence-corrected chi connectivity index (χ0v) is 11.7. The van der Waals surface area contributed by atoms with Gasteiger partial charge in [0.25, 0.3) is 0 Å². The number of halogens is 3. The van der Waals surface area contributed by atoms with E-state index in [1.807, 2.05) is 0 Å². The van der Waals surface area contributed by atoms with Crippen LogP contribution in [0, 0.1) is 18.6 Å². The minimum absolute atomic E-state index is 0.270. The molecule has 1 unspecified atom stereocenters. The quantitative estimate of drug-likeness (QED) is 0.667. The summed E-state index contributed by atoms with van der Waals surface area (Å²) in [6, 6.07) is 8.68. The number of aryl methyl sites for hydroxylation is 1. The Kier molecular flexibility index (Phi) is 4.70. The molecule has 0 aromatic heterocycles. The van der Waals surface area contributed by atoms with E-state index in [9.17, 15) is 8.78 Å². The summed E-state index contributed by atoms with van der Waals surface area (Å²) in [4.78, 5) is 0. The van der Waals surface area contributed by atoms with Gasteiger partial charge in [0.05, 0.1) is 6.04 Å². The highest BCUT2D eigenvalue weighted by molar-refractivity contribution is 6.31. The standard InChI is InChI=1S/C15H15ClF2N2/c1-9-6-10(2-5-14(9)18)15(20-19)8-11-7-12(17)3-4-13(11)16/h2-7,15,20H,8,19H2,1H3. The fraction of sp³-hybridized carbons (Fsp3) is 0.200. The van der Waals surface area contributed by atoms with Crippen molar-refractivity contribution in [3.8, 4) is 0 Å². The van der Waals surface area contributed by atoms with Crippen LogP contribution >= 0.6 is 11.6 Å².